The minimum Gasteiger partial charge on any atom is -0.381 e. The highest BCUT2D eigenvalue weighted by molar-refractivity contribution is 4.86. The molecule has 90 valence electrons. The second-order valence-electron chi connectivity index (χ2n) is 5.15. The first kappa shape index (κ1) is 11.4. The lowest BCUT2D eigenvalue weighted by molar-refractivity contribution is 0.0416. The average Bonchev–Trinajstić information content (AvgIpc) is 2.67. The zero-order valence-electron chi connectivity index (χ0n) is 10.0. The Morgan fingerprint density at radius 1 is 1.27 bits per heavy atom. The summed E-state index contributed by atoms with van der Waals surface area (Å²) in [5.74, 6) is 0. The molecule has 0 radical (unpaired) electrons. The Morgan fingerprint density at radius 3 is 2.67 bits per heavy atom. The molecule has 3 nitrogen and oxygen atoms in total. The number of likely N-dealkylation sites (tertiary alicyclic amines) is 1. The largest absolute Gasteiger partial charge is 0.381 e. The fourth-order valence-electron chi connectivity index (χ4n) is 2.78. The van der Waals surface area contributed by atoms with Gasteiger partial charge in [0, 0.05) is 45.9 Å². The maximum atomic E-state index is 5.41. The van der Waals surface area contributed by atoms with Crippen LogP contribution in [0.2, 0.25) is 0 Å². The Balaban J connectivity index is 0.00000128. The summed E-state index contributed by atoms with van der Waals surface area (Å²) in [7, 11) is 0. The quantitative estimate of drug-likeness (QED) is 0.770. The molecular formula is C12H26N2O. The fraction of sp³-hybridized carbons (Fsp3) is 1.00. The molecule has 2 saturated heterocycles. The van der Waals surface area contributed by atoms with Crippen LogP contribution in [0.5, 0.6) is 0 Å². The van der Waals surface area contributed by atoms with E-state index in [1.165, 1.54) is 32.4 Å². The van der Waals surface area contributed by atoms with E-state index in [2.05, 4.69) is 24.1 Å². The van der Waals surface area contributed by atoms with Gasteiger partial charge in [0.2, 0.25) is 0 Å². The lowest BCUT2D eigenvalue weighted by atomic mass is 10.1. The van der Waals surface area contributed by atoms with E-state index in [0.717, 1.165) is 19.3 Å². The molecule has 0 bridgehead atoms. The van der Waals surface area contributed by atoms with Crippen molar-refractivity contribution in [1.29, 1.82) is 0 Å². The number of nitrogens with zero attached hydrogens (tertiary/aromatic N) is 1. The third-order valence-electron chi connectivity index (χ3n) is 3.50. The monoisotopic (exact) mass is 214 g/mol. The van der Waals surface area contributed by atoms with Crippen molar-refractivity contribution in [3.8, 4) is 0 Å². The molecule has 0 aromatic rings. The van der Waals surface area contributed by atoms with Crippen LogP contribution in [0.3, 0.4) is 0 Å². The van der Waals surface area contributed by atoms with Gasteiger partial charge in [-0.05, 0) is 19.3 Å². The molecule has 2 aliphatic rings. The van der Waals surface area contributed by atoms with Crippen molar-refractivity contribution in [3.63, 3.8) is 0 Å². The first-order chi connectivity index (χ1) is 7.25. The number of hydrogen-bond acceptors (Lipinski definition) is 3. The first-order valence-electron chi connectivity index (χ1n) is 6.33. The maximum Gasteiger partial charge on any atom is 0.0480 e. The van der Waals surface area contributed by atoms with Gasteiger partial charge >= 0.3 is 0 Å². The smallest absolute Gasteiger partial charge is 0.0480 e. The SMILES string of the molecule is CC(C)NC1CCN(C2CCOCC2)C1.[HH]. The zero-order chi connectivity index (χ0) is 10.7. The average molecular weight is 214 g/mol. The molecular weight excluding hydrogens is 188 g/mol. The highest BCUT2D eigenvalue weighted by Crippen LogP contribution is 2.20. The second kappa shape index (κ2) is 5.28. The molecule has 0 spiro atoms. The molecule has 0 aromatic heterocycles. The molecule has 2 fully saturated rings. The molecule has 2 aliphatic heterocycles. The van der Waals surface area contributed by atoms with Crippen LogP contribution in [-0.2, 0) is 4.74 Å². The van der Waals surface area contributed by atoms with E-state index >= 15 is 0 Å². The third kappa shape index (κ3) is 3.16. The summed E-state index contributed by atoms with van der Waals surface area (Å²) in [6.07, 6.45) is 3.78. The first-order valence-corrected chi connectivity index (χ1v) is 6.33. The van der Waals surface area contributed by atoms with E-state index in [9.17, 15) is 0 Å². The van der Waals surface area contributed by atoms with E-state index in [-0.39, 0.29) is 1.43 Å². The molecule has 2 heterocycles. The Labute approximate surface area is 94.6 Å². The summed E-state index contributed by atoms with van der Waals surface area (Å²) >= 11 is 0. The fourth-order valence-corrected chi connectivity index (χ4v) is 2.78. The van der Waals surface area contributed by atoms with Crippen LogP contribution in [0, 0.1) is 0 Å². The lowest BCUT2D eigenvalue weighted by Crippen LogP contribution is -2.41. The van der Waals surface area contributed by atoms with Gasteiger partial charge in [-0.15, -0.1) is 0 Å². The maximum absolute atomic E-state index is 5.41. The molecule has 0 amide bonds. The van der Waals surface area contributed by atoms with Crippen LogP contribution < -0.4 is 5.32 Å². The van der Waals surface area contributed by atoms with Gasteiger partial charge in [0.25, 0.3) is 0 Å². The number of nitrogens with one attached hydrogen (secondary N) is 1. The molecule has 1 unspecified atom stereocenters. The Kier molecular flexibility index (Phi) is 4.00. The van der Waals surface area contributed by atoms with Crippen LogP contribution >= 0.6 is 0 Å². The molecule has 15 heavy (non-hydrogen) atoms. The van der Waals surface area contributed by atoms with E-state index < -0.39 is 0 Å². The van der Waals surface area contributed by atoms with Gasteiger partial charge in [0.05, 0.1) is 0 Å². The predicted molar refractivity (Wildman–Crippen MR) is 64.2 cm³/mol. The van der Waals surface area contributed by atoms with Crippen LogP contribution in [0.25, 0.3) is 0 Å². The highest BCUT2D eigenvalue weighted by Gasteiger charge is 2.29. The Morgan fingerprint density at radius 2 is 2.00 bits per heavy atom. The summed E-state index contributed by atoms with van der Waals surface area (Å²) in [6.45, 7) is 8.90. The van der Waals surface area contributed by atoms with Gasteiger partial charge in [-0.25, -0.2) is 0 Å². The molecule has 2 rings (SSSR count). The number of rotatable bonds is 3. The summed E-state index contributed by atoms with van der Waals surface area (Å²) < 4.78 is 5.41. The van der Waals surface area contributed by atoms with Gasteiger partial charge in [0.1, 0.15) is 0 Å². The van der Waals surface area contributed by atoms with E-state index in [1.54, 1.807) is 0 Å². The van der Waals surface area contributed by atoms with Crippen molar-refractivity contribution in [3.05, 3.63) is 0 Å². The third-order valence-corrected chi connectivity index (χ3v) is 3.50. The summed E-state index contributed by atoms with van der Waals surface area (Å²) in [5, 5.41) is 3.64. The van der Waals surface area contributed by atoms with Gasteiger partial charge in [0.15, 0.2) is 0 Å². The minimum atomic E-state index is 0. The zero-order valence-corrected chi connectivity index (χ0v) is 10.0. The highest BCUT2D eigenvalue weighted by atomic mass is 16.5. The number of ether oxygens (including phenoxy) is 1. The predicted octanol–water partition coefficient (Wildman–Crippen LogP) is 1.48. The lowest BCUT2D eigenvalue weighted by Gasteiger charge is -2.31. The molecule has 1 atom stereocenters. The normalized spacial score (nSPS) is 30.2. The topological polar surface area (TPSA) is 24.5 Å². The van der Waals surface area contributed by atoms with Crippen molar-refractivity contribution in [2.45, 2.75) is 51.2 Å². The van der Waals surface area contributed by atoms with Gasteiger partial charge < -0.3 is 10.1 Å². The van der Waals surface area contributed by atoms with Crippen LogP contribution in [0.4, 0.5) is 0 Å². The van der Waals surface area contributed by atoms with Crippen LogP contribution in [0.1, 0.15) is 34.5 Å². The Hall–Kier alpha value is -0.120. The van der Waals surface area contributed by atoms with Crippen molar-refractivity contribution in [1.82, 2.24) is 10.2 Å². The van der Waals surface area contributed by atoms with E-state index in [4.69, 9.17) is 4.74 Å². The second-order valence-corrected chi connectivity index (χ2v) is 5.15. The summed E-state index contributed by atoms with van der Waals surface area (Å²) in [6, 6.07) is 2.12. The van der Waals surface area contributed by atoms with Gasteiger partial charge in [-0.1, -0.05) is 13.8 Å². The van der Waals surface area contributed by atoms with Crippen molar-refractivity contribution >= 4 is 0 Å². The number of hydrogen-bond donors (Lipinski definition) is 1. The van der Waals surface area contributed by atoms with Crippen molar-refractivity contribution < 1.29 is 6.16 Å². The molecule has 0 aliphatic carbocycles. The standard InChI is InChI=1S/C12H24N2O.H2/c1-10(2)13-11-3-6-14(9-11)12-4-7-15-8-5-12;/h10-13H,3-9H2,1-2H3;1H. The summed E-state index contributed by atoms with van der Waals surface area (Å²) in [5.41, 5.74) is 0. The molecule has 1 N–H and O–H groups in total. The van der Waals surface area contributed by atoms with Gasteiger partial charge in [-0.3, -0.25) is 4.90 Å². The van der Waals surface area contributed by atoms with Crippen LogP contribution in [0.15, 0.2) is 0 Å². The molecule has 0 saturated carbocycles. The molecule has 3 heteroatoms. The Bertz CT molecular complexity index is 195. The summed E-state index contributed by atoms with van der Waals surface area (Å²) in [4.78, 5) is 2.66. The minimum absolute atomic E-state index is 0. The van der Waals surface area contributed by atoms with Crippen molar-refractivity contribution in [2.75, 3.05) is 26.3 Å². The van der Waals surface area contributed by atoms with Crippen LogP contribution in [-0.4, -0.2) is 49.3 Å². The molecule has 0 aromatic carbocycles. The van der Waals surface area contributed by atoms with Gasteiger partial charge in [-0.2, -0.15) is 0 Å². The van der Waals surface area contributed by atoms with E-state index in [1.807, 2.05) is 0 Å². The van der Waals surface area contributed by atoms with E-state index in [0.29, 0.717) is 12.1 Å². The van der Waals surface area contributed by atoms with Crippen molar-refractivity contribution in [2.24, 2.45) is 0 Å².